The highest BCUT2D eigenvalue weighted by molar-refractivity contribution is 8.27. The second-order valence-corrected chi connectivity index (χ2v) is 7.41. The molecule has 2 aromatic carbocycles. The number of thiocarbonyl (C=S) groups is 1. The lowest BCUT2D eigenvalue weighted by molar-refractivity contribution is -0.113. The molecule has 0 aromatic heterocycles. The van der Waals surface area contributed by atoms with Crippen LogP contribution in [0.4, 0.5) is 5.69 Å². The van der Waals surface area contributed by atoms with Gasteiger partial charge in [0.1, 0.15) is 0 Å². The van der Waals surface area contributed by atoms with Gasteiger partial charge in [-0.25, -0.2) is 4.79 Å². The summed E-state index contributed by atoms with van der Waals surface area (Å²) in [5.74, 6) is -1.14. The Morgan fingerprint density at radius 3 is 2.48 bits per heavy atom. The summed E-state index contributed by atoms with van der Waals surface area (Å²) in [5.41, 5.74) is 3.80. The normalized spacial score (nSPS) is 15.9. The van der Waals surface area contributed by atoms with Crippen molar-refractivity contribution in [2.75, 3.05) is 4.90 Å². The van der Waals surface area contributed by atoms with E-state index in [0.717, 1.165) is 22.4 Å². The number of anilines is 1. The molecule has 2 aromatic rings. The van der Waals surface area contributed by atoms with E-state index in [2.05, 4.69) is 0 Å². The first kappa shape index (κ1) is 17.4. The van der Waals surface area contributed by atoms with E-state index in [0.29, 0.717) is 9.23 Å². The fourth-order valence-electron chi connectivity index (χ4n) is 2.51. The maximum atomic E-state index is 12.8. The molecular weight excluding hydrogens is 354 g/mol. The smallest absolute Gasteiger partial charge is 0.335 e. The Hall–Kier alpha value is -2.44. The van der Waals surface area contributed by atoms with Crippen molar-refractivity contribution in [3.05, 3.63) is 69.6 Å². The lowest BCUT2D eigenvalue weighted by Crippen LogP contribution is -2.28. The maximum absolute atomic E-state index is 12.8. The molecule has 0 radical (unpaired) electrons. The fraction of sp³-hybridized carbons (Fsp3) is 0.105. The van der Waals surface area contributed by atoms with Gasteiger partial charge in [-0.1, -0.05) is 48.2 Å². The number of carboxylic acid groups (broad SMARTS) is 1. The Morgan fingerprint density at radius 1 is 1.16 bits per heavy atom. The number of aromatic carboxylic acids is 1. The predicted molar refractivity (Wildman–Crippen MR) is 105 cm³/mol. The number of aryl methyl sites for hydroxylation is 2. The van der Waals surface area contributed by atoms with Crippen LogP contribution in [0.1, 0.15) is 27.0 Å². The Bertz CT molecular complexity index is 917. The van der Waals surface area contributed by atoms with Crippen LogP contribution in [-0.2, 0) is 4.79 Å². The summed E-state index contributed by atoms with van der Waals surface area (Å²) in [6.07, 6.45) is 1.73. The van der Waals surface area contributed by atoms with Crippen molar-refractivity contribution in [3.63, 3.8) is 0 Å². The highest BCUT2D eigenvalue weighted by atomic mass is 32.2. The van der Waals surface area contributed by atoms with Crippen molar-refractivity contribution in [1.82, 2.24) is 0 Å². The largest absolute Gasteiger partial charge is 0.478 e. The van der Waals surface area contributed by atoms with Crippen molar-refractivity contribution in [2.24, 2.45) is 0 Å². The molecule has 1 heterocycles. The molecule has 3 rings (SSSR count). The summed E-state index contributed by atoms with van der Waals surface area (Å²) < 4.78 is 0.493. The predicted octanol–water partition coefficient (Wildman–Crippen LogP) is 4.41. The quantitative estimate of drug-likeness (QED) is 0.642. The van der Waals surface area contributed by atoms with E-state index in [1.54, 1.807) is 23.1 Å². The second kappa shape index (κ2) is 6.82. The number of thioether (sulfide) groups is 1. The van der Waals surface area contributed by atoms with E-state index in [-0.39, 0.29) is 11.5 Å². The zero-order valence-corrected chi connectivity index (χ0v) is 15.3. The van der Waals surface area contributed by atoms with Gasteiger partial charge in [0.15, 0.2) is 4.32 Å². The number of carbonyl (C=O) groups is 2. The van der Waals surface area contributed by atoms with E-state index in [4.69, 9.17) is 17.3 Å². The Labute approximate surface area is 155 Å². The third-order valence-electron chi connectivity index (χ3n) is 3.85. The summed E-state index contributed by atoms with van der Waals surface area (Å²) in [7, 11) is 0. The molecular formula is C19H15NO3S2. The molecule has 1 aliphatic heterocycles. The first-order chi connectivity index (χ1) is 11.9. The lowest BCUT2D eigenvalue weighted by Gasteiger charge is -2.17. The summed E-state index contributed by atoms with van der Waals surface area (Å²) in [6, 6.07) is 12.3. The fourth-order valence-corrected chi connectivity index (χ4v) is 3.79. The van der Waals surface area contributed by atoms with Crippen LogP contribution in [0, 0.1) is 13.8 Å². The molecule has 0 unspecified atom stereocenters. The first-order valence-electron chi connectivity index (χ1n) is 7.55. The van der Waals surface area contributed by atoms with Crippen LogP contribution in [0.15, 0.2) is 47.4 Å². The standard InChI is InChI=1S/C19H15NO3S2/c1-11-3-4-12(2)15(9-11)20-17(21)16(25-19(20)24)10-13-5-7-14(8-6-13)18(22)23/h3-10H,1-2H3,(H,22,23)/b16-10-. The molecule has 1 fully saturated rings. The monoisotopic (exact) mass is 369 g/mol. The number of carboxylic acids is 1. The molecule has 0 bridgehead atoms. The van der Waals surface area contributed by atoms with Crippen LogP contribution < -0.4 is 4.90 Å². The molecule has 1 aliphatic rings. The SMILES string of the molecule is Cc1ccc(C)c(N2C(=O)/C(=C/c3ccc(C(=O)O)cc3)SC2=S)c1. The number of amides is 1. The van der Waals surface area contributed by atoms with Crippen molar-refractivity contribution < 1.29 is 14.7 Å². The van der Waals surface area contributed by atoms with E-state index >= 15 is 0 Å². The van der Waals surface area contributed by atoms with Gasteiger partial charge in [0.2, 0.25) is 0 Å². The summed E-state index contributed by atoms with van der Waals surface area (Å²) in [6.45, 7) is 3.92. The van der Waals surface area contributed by atoms with Crippen molar-refractivity contribution in [3.8, 4) is 0 Å². The third-order valence-corrected chi connectivity index (χ3v) is 5.16. The zero-order valence-electron chi connectivity index (χ0n) is 13.6. The van der Waals surface area contributed by atoms with E-state index in [1.165, 1.54) is 23.9 Å². The van der Waals surface area contributed by atoms with E-state index in [1.807, 2.05) is 32.0 Å². The van der Waals surface area contributed by atoms with Crippen LogP contribution in [0.5, 0.6) is 0 Å². The van der Waals surface area contributed by atoms with Gasteiger partial charge in [0, 0.05) is 0 Å². The molecule has 25 heavy (non-hydrogen) atoms. The molecule has 1 N–H and O–H groups in total. The van der Waals surface area contributed by atoms with Crippen molar-refractivity contribution >= 4 is 51.9 Å². The molecule has 6 heteroatoms. The topological polar surface area (TPSA) is 57.6 Å². The third kappa shape index (κ3) is 3.50. The van der Waals surface area contributed by atoms with Gasteiger partial charge in [-0.3, -0.25) is 9.69 Å². The average Bonchev–Trinajstić information content (AvgIpc) is 2.84. The van der Waals surface area contributed by atoms with Crippen molar-refractivity contribution in [2.45, 2.75) is 13.8 Å². The first-order valence-corrected chi connectivity index (χ1v) is 8.78. The number of hydrogen-bond donors (Lipinski definition) is 1. The minimum absolute atomic E-state index is 0.161. The highest BCUT2D eigenvalue weighted by Crippen LogP contribution is 2.37. The highest BCUT2D eigenvalue weighted by Gasteiger charge is 2.34. The number of nitrogens with zero attached hydrogens (tertiary/aromatic N) is 1. The van der Waals surface area contributed by atoms with E-state index in [9.17, 15) is 9.59 Å². The van der Waals surface area contributed by atoms with Crippen LogP contribution in [0.3, 0.4) is 0 Å². The molecule has 1 saturated heterocycles. The minimum Gasteiger partial charge on any atom is -0.478 e. The molecule has 0 aliphatic carbocycles. The molecule has 126 valence electrons. The van der Waals surface area contributed by atoms with Crippen molar-refractivity contribution in [1.29, 1.82) is 0 Å². The van der Waals surface area contributed by atoms with Gasteiger partial charge in [-0.2, -0.15) is 0 Å². The summed E-state index contributed by atoms with van der Waals surface area (Å²) >= 11 is 6.65. The minimum atomic E-state index is -0.979. The van der Waals surface area contributed by atoms with Crippen LogP contribution in [0.2, 0.25) is 0 Å². The molecule has 4 nitrogen and oxygen atoms in total. The summed E-state index contributed by atoms with van der Waals surface area (Å²) in [5, 5.41) is 8.95. The molecule has 0 spiro atoms. The average molecular weight is 369 g/mol. The Morgan fingerprint density at radius 2 is 1.84 bits per heavy atom. The number of hydrogen-bond acceptors (Lipinski definition) is 4. The lowest BCUT2D eigenvalue weighted by atomic mass is 10.1. The second-order valence-electron chi connectivity index (χ2n) is 5.73. The number of rotatable bonds is 3. The van der Waals surface area contributed by atoms with Gasteiger partial charge in [0.05, 0.1) is 16.2 Å². The number of carbonyl (C=O) groups excluding carboxylic acids is 1. The van der Waals surface area contributed by atoms with E-state index < -0.39 is 5.97 Å². The summed E-state index contributed by atoms with van der Waals surface area (Å²) in [4.78, 5) is 25.8. The Kier molecular flexibility index (Phi) is 4.74. The van der Waals surface area contributed by atoms with Gasteiger partial charge in [-0.15, -0.1) is 0 Å². The van der Waals surface area contributed by atoms with Crippen LogP contribution in [0.25, 0.3) is 6.08 Å². The maximum Gasteiger partial charge on any atom is 0.335 e. The van der Waals surface area contributed by atoms with Crippen LogP contribution >= 0.6 is 24.0 Å². The van der Waals surface area contributed by atoms with Gasteiger partial charge in [-0.05, 0) is 54.8 Å². The van der Waals surface area contributed by atoms with Gasteiger partial charge in [0.25, 0.3) is 5.91 Å². The molecule has 1 amide bonds. The molecule has 0 atom stereocenters. The van der Waals surface area contributed by atoms with Gasteiger partial charge < -0.3 is 5.11 Å². The Balaban J connectivity index is 1.93. The van der Waals surface area contributed by atoms with Crippen LogP contribution in [-0.4, -0.2) is 21.3 Å². The molecule has 0 saturated carbocycles. The zero-order chi connectivity index (χ0) is 18.1. The number of benzene rings is 2. The van der Waals surface area contributed by atoms with Gasteiger partial charge >= 0.3 is 5.97 Å².